The number of carboxylic acid groups (broad SMARTS) is 1. The van der Waals surface area contributed by atoms with Crippen LogP contribution in [0.25, 0.3) is 10.9 Å². The molecule has 1 atom stereocenters. The summed E-state index contributed by atoms with van der Waals surface area (Å²) in [4.78, 5) is 25.8. The molecule has 0 radical (unpaired) electrons. The second-order valence-corrected chi connectivity index (χ2v) is 6.78. The van der Waals surface area contributed by atoms with Crippen molar-refractivity contribution in [3.05, 3.63) is 35.5 Å². The Balaban J connectivity index is 2.27. The summed E-state index contributed by atoms with van der Waals surface area (Å²) in [5.74, 6) is -1.32. The normalized spacial score (nSPS) is 13.5. The summed E-state index contributed by atoms with van der Waals surface area (Å²) in [6, 6.07) is 2.30. The predicted molar refractivity (Wildman–Crippen MR) is 87.8 cm³/mol. The van der Waals surface area contributed by atoms with Crippen molar-refractivity contribution in [3.63, 3.8) is 0 Å². The van der Waals surface area contributed by atoms with E-state index in [1.54, 1.807) is 20.8 Å². The zero-order valence-electron chi connectivity index (χ0n) is 14.4. The van der Waals surface area contributed by atoms with E-state index in [-0.39, 0.29) is 17.3 Å². The summed E-state index contributed by atoms with van der Waals surface area (Å²) in [6.07, 6.45) is -4.34. The first kappa shape index (κ1) is 19.6. The molecule has 2 rings (SSSR count). The number of ether oxygens (including phenoxy) is 1. The number of amides is 1. The molecule has 0 bridgehead atoms. The van der Waals surface area contributed by atoms with Crippen LogP contribution in [-0.4, -0.2) is 33.8 Å². The fraction of sp³-hybridized carbons (Fsp3) is 0.412. The van der Waals surface area contributed by atoms with Gasteiger partial charge < -0.3 is 20.1 Å². The molecule has 1 heterocycles. The maximum Gasteiger partial charge on any atom is 0.418 e. The monoisotopic (exact) mass is 372 g/mol. The summed E-state index contributed by atoms with van der Waals surface area (Å²) in [5, 5.41) is 11.8. The molecule has 1 aromatic heterocycles. The fourth-order valence-electron chi connectivity index (χ4n) is 2.49. The van der Waals surface area contributed by atoms with Crippen LogP contribution < -0.4 is 5.32 Å². The smallest absolute Gasteiger partial charge is 0.418 e. The van der Waals surface area contributed by atoms with Crippen LogP contribution in [0.1, 0.15) is 31.9 Å². The Hall–Kier alpha value is -2.71. The number of halogens is 3. The minimum Gasteiger partial charge on any atom is -0.480 e. The molecule has 26 heavy (non-hydrogen) atoms. The molecule has 9 heteroatoms. The summed E-state index contributed by atoms with van der Waals surface area (Å²) >= 11 is 0. The molecule has 0 aliphatic carbocycles. The Bertz CT molecular complexity index is 822. The highest BCUT2D eigenvalue weighted by atomic mass is 19.4. The van der Waals surface area contributed by atoms with Gasteiger partial charge >= 0.3 is 18.2 Å². The van der Waals surface area contributed by atoms with Crippen molar-refractivity contribution in [3.8, 4) is 0 Å². The Labute approximate surface area is 147 Å². The molecule has 0 saturated heterocycles. The average Bonchev–Trinajstić information content (AvgIpc) is 2.86. The second kappa shape index (κ2) is 6.89. The molecule has 0 fully saturated rings. The fourth-order valence-corrected chi connectivity index (χ4v) is 2.49. The molecule has 0 aliphatic rings. The standard InChI is InChI=1S/C17H19F3N2O4/c1-16(2,3)26-15(25)22-12(14(23)24)7-9-8-21-13-10(9)5-4-6-11(13)17(18,19)20/h4-6,8,12,21H,7H2,1-3H3,(H,22,25)(H,23,24)/t12-/m0/s1. The number of carbonyl (C=O) groups excluding carboxylic acids is 1. The molecule has 142 valence electrons. The average molecular weight is 372 g/mol. The first-order valence-electron chi connectivity index (χ1n) is 7.77. The predicted octanol–water partition coefficient (Wildman–Crippen LogP) is 3.71. The van der Waals surface area contributed by atoms with Crippen LogP contribution in [0.3, 0.4) is 0 Å². The van der Waals surface area contributed by atoms with Gasteiger partial charge in [-0.15, -0.1) is 0 Å². The van der Waals surface area contributed by atoms with Crippen molar-refractivity contribution in [2.75, 3.05) is 0 Å². The number of benzene rings is 1. The highest BCUT2D eigenvalue weighted by molar-refractivity contribution is 5.88. The van der Waals surface area contributed by atoms with Crippen molar-refractivity contribution >= 4 is 23.0 Å². The Morgan fingerprint density at radius 1 is 1.27 bits per heavy atom. The Morgan fingerprint density at radius 3 is 2.46 bits per heavy atom. The van der Waals surface area contributed by atoms with Gasteiger partial charge in [-0.05, 0) is 32.4 Å². The van der Waals surface area contributed by atoms with E-state index in [1.807, 2.05) is 0 Å². The van der Waals surface area contributed by atoms with E-state index in [0.29, 0.717) is 5.56 Å². The number of carbonyl (C=O) groups is 2. The van der Waals surface area contributed by atoms with Crippen LogP contribution in [0.15, 0.2) is 24.4 Å². The van der Waals surface area contributed by atoms with Crippen LogP contribution in [0.2, 0.25) is 0 Å². The second-order valence-electron chi connectivity index (χ2n) is 6.78. The third-order valence-corrected chi connectivity index (χ3v) is 3.52. The number of carboxylic acids is 1. The minimum absolute atomic E-state index is 0.128. The Morgan fingerprint density at radius 2 is 1.92 bits per heavy atom. The minimum atomic E-state index is -4.54. The quantitative estimate of drug-likeness (QED) is 0.763. The van der Waals surface area contributed by atoms with Crippen molar-refractivity contribution in [1.29, 1.82) is 0 Å². The number of nitrogens with one attached hydrogen (secondary N) is 2. The van der Waals surface area contributed by atoms with Gasteiger partial charge in [-0.2, -0.15) is 13.2 Å². The number of alkyl halides is 3. The van der Waals surface area contributed by atoms with Gasteiger partial charge in [0.25, 0.3) is 0 Å². The van der Waals surface area contributed by atoms with Crippen molar-refractivity contribution < 1.29 is 32.6 Å². The molecule has 2 aromatic rings. The van der Waals surface area contributed by atoms with E-state index < -0.39 is 35.4 Å². The lowest BCUT2D eigenvalue weighted by Gasteiger charge is -2.22. The number of aromatic amines is 1. The van der Waals surface area contributed by atoms with E-state index in [0.717, 1.165) is 6.07 Å². The largest absolute Gasteiger partial charge is 0.480 e. The maximum atomic E-state index is 13.1. The maximum absolute atomic E-state index is 13.1. The van der Waals surface area contributed by atoms with Gasteiger partial charge in [0, 0.05) is 18.0 Å². The summed E-state index contributed by atoms with van der Waals surface area (Å²) in [7, 11) is 0. The van der Waals surface area contributed by atoms with Crippen LogP contribution in [-0.2, 0) is 22.1 Å². The third-order valence-electron chi connectivity index (χ3n) is 3.52. The van der Waals surface area contributed by atoms with E-state index in [9.17, 15) is 27.9 Å². The van der Waals surface area contributed by atoms with Gasteiger partial charge in [-0.25, -0.2) is 9.59 Å². The highest BCUT2D eigenvalue weighted by Gasteiger charge is 2.33. The number of rotatable bonds is 4. The van der Waals surface area contributed by atoms with Crippen LogP contribution >= 0.6 is 0 Å². The van der Waals surface area contributed by atoms with E-state index in [4.69, 9.17) is 4.74 Å². The number of alkyl carbamates (subject to hydrolysis) is 1. The number of para-hydroxylation sites is 1. The van der Waals surface area contributed by atoms with Gasteiger partial charge in [-0.3, -0.25) is 0 Å². The van der Waals surface area contributed by atoms with Gasteiger partial charge in [0.05, 0.1) is 11.1 Å². The van der Waals surface area contributed by atoms with Gasteiger partial charge in [0.2, 0.25) is 0 Å². The van der Waals surface area contributed by atoms with Gasteiger partial charge in [0.15, 0.2) is 0 Å². The van der Waals surface area contributed by atoms with Crippen molar-refractivity contribution in [2.45, 2.75) is 45.0 Å². The van der Waals surface area contributed by atoms with Crippen LogP contribution in [0, 0.1) is 0 Å². The lowest BCUT2D eigenvalue weighted by molar-refractivity contribution is -0.139. The number of hydrogen-bond acceptors (Lipinski definition) is 3. The summed E-state index contributed by atoms with van der Waals surface area (Å²) in [6.45, 7) is 4.88. The number of fused-ring (bicyclic) bond motifs is 1. The van der Waals surface area contributed by atoms with Crippen LogP contribution in [0.5, 0.6) is 0 Å². The highest BCUT2D eigenvalue weighted by Crippen LogP contribution is 2.35. The molecular formula is C17H19F3N2O4. The summed E-state index contributed by atoms with van der Waals surface area (Å²) < 4.78 is 44.2. The molecule has 1 aromatic carbocycles. The zero-order chi connectivity index (χ0) is 19.7. The van der Waals surface area contributed by atoms with E-state index in [1.165, 1.54) is 18.3 Å². The van der Waals surface area contributed by atoms with Gasteiger partial charge in [-0.1, -0.05) is 12.1 Å². The third kappa shape index (κ3) is 4.68. The van der Waals surface area contributed by atoms with E-state index in [2.05, 4.69) is 10.3 Å². The molecular weight excluding hydrogens is 353 g/mol. The van der Waals surface area contributed by atoms with Crippen LogP contribution in [0.4, 0.5) is 18.0 Å². The molecule has 6 nitrogen and oxygen atoms in total. The number of hydrogen-bond donors (Lipinski definition) is 3. The lowest BCUT2D eigenvalue weighted by atomic mass is 10.0. The molecule has 0 unspecified atom stereocenters. The number of aliphatic carboxylic acids is 1. The zero-order valence-corrected chi connectivity index (χ0v) is 14.4. The first-order chi connectivity index (χ1) is 11.9. The topological polar surface area (TPSA) is 91.4 Å². The van der Waals surface area contributed by atoms with Crippen molar-refractivity contribution in [2.24, 2.45) is 0 Å². The molecule has 3 N–H and O–H groups in total. The molecule has 0 spiro atoms. The number of aromatic nitrogens is 1. The molecule has 0 aliphatic heterocycles. The number of H-pyrrole nitrogens is 1. The lowest BCUT2D eigenvalue weighted by Crippen LogP contribution is -2.44. The molecule has 1 amide bonds. The Kier molecular flexibility index (Phi) is 5.20. The summed E-state index contributed by atoms with van der Waals surface area (Å²) in [5.41, 5.74) is -1.44. The van der Waals surface area contributed by atoms with Gasteiger partial charge in [0.1, 0.15) is 11.6 Å². The van der Waals surface area contributed by atoms with E-state index >= 15 is 0 Å². The van der Waals surface area contributed by atoms with Crippen molar-refractivity contribution in [1.82, 2.24) is 10.3 Å². The SMILES string of the molecule is CC(C)(C)OC(=O)N[C@@H](Cc1c[nH]c2c(C(F)(F)F)cccc12)C(=O)O. The molecule has 0 saturated carbocycles. The first-order valence-corrected chi connectivity index (χ1v) is 7.77.